The summed E-state index contributed by atoms with van der Waals surface area (Å²) in [6.07, 6.45) is 14.2. The number of hydrogen-bond acceptors (Lipinski definition) is 0. The Morgan fingerprint density at radius 3 is 1.97 bits per heavy atom. The van der Waals surface area contributed by atoms with Crippen molar-refractivity contribution in [2.24, 2.45) is 0 Å². The fourth-order valence-corrected chi connectivity index (χ4v) is 4.95. The first-order valence-electron chi connectivity index (χ1n) is 13.6. The summed E-state index contributed by atoms with van der Waals surface area (Å²) in [5.41, 5.74) is 8.30. The highest BCUT2D eigenvalue weighted by Crippen LogP contribution is 2.30. The van der Waals surface area contributed by atoms with Gasteiger partial charge in [-0.1, -0.05) is 124 Å². The van der Waals surface area contributed by atoms with Crippen molar-refractivity contribution >= 4 is 10.8 Å². The minimum absolute atomic E-state index is 1.03. The van der Waals surface area contributed by atoms with Gasteiger partial charge in [0.25, 0.3) is 0 Å². The maximum Gasteiger partial charge on any atom is -0.0105 e. The van der Waals surface area contributed by atoms with Crippen LogP contribution in [-0.4, -0.2) is 0 Å². The van der Waals surface area contributed by atoms with Crippen LogP contribution in [0.4, 0.5) is 0 Å². The van der Waals surface area contributed by atoms with E-state index in [2.05, 4.69) is 98.4 Å². The Balaban J connectivity index is 1.37. The zero-order chi connectivity index (χ0) is 24.3. The molecule has 0 heterocycles. The molecule has 4 aromatic rings. The summed E-state index contributed by atoms with van der Waals surface area (Å²) in [7, 11) is 0. The quantitative estimate of drug-likeness (QED) is 0.137. The summed E-state index contributed by atoms with van der Waals surface area (Å²) < 4.78 is 0. The third-order valence-corrected chi connectivity index (χ3v) is 7.14. The van der Waals surface area contributed by atoms with Crippen LogP contribution in [0.1, 0.15) is 67.7 Å². The van der Waals surface area contributed by atoms with Gasteiger partial charge in [-0.25, -0.2) is 0 Å². The molecule has 180 valence electrons. The molecule has 0 amide bonds. The van der Waals surface area contributed by atoms with Crippen molar-refractivity contribution < 1.29 is 0 Å². The van der Waals surface area contributed by atoms with Gasteiger partial charge in [0.15, 0.2) is 0 Å². The predicted molar refractivity (Wildman–Crippen MR) is 154 cm³/mol. The molecule has 4 rings (SSSR count). The number of hydrogen-bond donors (Lipinski definition) is 0. The van der Waals surface area contributed by atoms with Crippen LogP contribution in [0.3, 0.4) is 0 Å². The average Bonchev–Trinajstić information content (AvgIpc) is 2.91. The summed E-state index contributed by atoms with van der Waals surface area (Å²) in [5, 5.41) is 2.66. The molecule has 0 aliphatic carbocycles. The van der Waals surface area contributed by atoms with Crippen LogP contribution in [0.25, 0.3) is 21.9 Å². The molecular weight excluding hydrogens is 420 g/mol. The third-order valence-electron chi connectivity index (χ3n) is 7.14. The fourth-order valence-electron chi connectivity index (χ4n) is 4.95. The molecule has 0 spiro atoms. The lowest BCUT2D eigenvalue weighted by Crippen LogP contribution is -1.93. The van der Waals surface area contributed by atoms with E-state index < -0.39 is 0 Å². The van der Waals surface area contributed by atoms with Crippen LogP contribution in [0, 0.1) is 0 Å². The molecule has 35 heavy (non-hydrogen) atoms. The summed E-state index contributed by atoms with van der Waals surface area (Å²) in [6, 6.07) is 32.0. The lowest BCUT2D eigenvalue weighted by atomic mass is 9.94. The monoisotopic (exact) mass is 460 g/mol. The van der Waals surface area contributed by atoms with Crippen LogP contribution in [0.2, 0.25) is 0 Å². The first-order chi connectivity index (χ1) is 17.3. The molecule has 0 nitrogen and oxygen atoms in total. The van der Waals surface area contributed by atoms with Gasteiger partial charge >= 0.3 is 0 Å². The molecule has 0 radical (unpaired) electrons. The molecule has 0 heteroatoms. The molecule has 4 aromatic carbocycles. The van der Waals surface area contributed by atoms with E-state index in [-0.39, 0.29) is 0 Å². The molecular formula is C35H40. The highest BCUT2D eigenvalue weighted by molar-refractivity contribution is 5.97. The van der Waals surface area contributed by atoms with E-state index in [4.69, 9.17) is 0 Å². The first kappa shape index (κ1) is 25.0. The molecule has 0 bridgehead atoms. The van der Waals surface area contributed by atoms with Gasteiger partial charge in [0.2, 0.25) is 0 Å². The van der Waals surface area contributed by atoms with Gasteiger partial charge in [-0.05, 0) is 82.7 Å². The van der Waals surface area contributed by atoms with Gasteiger partial charge in [-0.2, -0.15) is 0 Å². The zero-order valence-electron chi connectivity index (χ0n) is 21.4. The van der Waals surface area contributed by atoms with Crippen LogP contribution in [0.15, 0.2) is 97.6 Å². The van der Waals surface area contributed by atoms with Crippen LogP contribution >= 0.6 is 0 Å². The number of allylic oxidation sites excluding steroid dienone is 1. The largest absolute Gasteiger partial charge is 0.103 e. The van der Waals surface area contributed by atoms with Crippen LogP contribution < -0.4 is 0 Å². The number of rotatable bonds is 13. The smallest absolute Gasteiger partial charge is 0.0105 e. The topological polar surface area (TPSA) is 0 Å². The van der Waals surface area contributed by atoms with Crippen molar-refractivity contribution in [3.8, 4) is 11.1 Å². The second kappa shape index (κ2) is 13.1. The Bertz CT molecular complexity index is 1200. The lowest BCUT2D eigenvalue weighted by Gasteiger charge is -2.10. The normalized spacial score (nSPS) is 11.1. The third kappa shape index (κ3) is 7.18. The molecule has 0 saturated heterocycles. The molecule has 0 atom stereocenters. The fraction of sp³-hybridized carbons (Fsp3) is 0.314. The van der Waals surface area contributed by atoms with Crippen LogP contribution in [0.5, 0.6) is 0 Å². The summed E-state index contributed by atoms with van der Waals surface area (Å²) >= 11 is 0. The van der Waals surface area contributed by atoms with Gasteiger partial charge in [0.1, 0.15) is 0 Å². The Hall–Kier alpha value is -3.12. The molecule has 0 aliphatic heterocycles. The highest BCUT2D eigenvalue weighted by Gasteiger charge is 2.06. The molecule has 0 aromatic heterocycles. The maximum atomic E-state index is 3.83. The van der Waals surface area contributed by atoms with Gasteiger partial charge in [0, 0.05) is 0 Å². The summed E-state index contributed by atoms with van der Waals surface area (Å²) in [5.74, 6) is 0. The second-order valence-electron chi connectivity index (χ2n) is 9.87. The van der Waals surface area contributed by atoms with E-state index in [0.29, 0.717) is 0 Å². The summed E-state index contributed by atoms with van der Waals surface area (Å²) in [4.78, 5) is 0. The van der Waals surface area contributed by atoms with E-state index in [9.17, 15) is 0 Å². The van der Waals surface area contributed by atoms with Crippen molar-refractivity contribution in [2.75, 3.05) is 0 Å². The number of fused-ring (bicyclic) bond motifs is 1. The number of benzene rings is 4. The number of aryl methyl sites for hydroxylation is 4. The van der Waals surface area contributed by atoms with Crippen molar-refractivity contribution in [2.45, 2.75) is 71.1 Å². The van der Waals surface area contributed by atoms with E-state index in [1.165, 1.54) is 82.7 Å². The minimum Gasteiger partial charge on any atom is -0.103 e. The number of unbranched alkanes of at least 4 members (excludes halogenated alkanes) is 4. The second-order valence-corrected chi connectivity index (χ2v) is 9.87. The Morgan fingerprint density at radius 1 is 0.600 bits per heavy atom. The Labute approximate surface area is 212 Å². The van der Waals surface area contributed by atoms with Gasteiger partial charge in [-0.15, -0.1) is 6.58 Å². The van der Waals surface area contributed by atoms with Crippen molar-refractivity contribution in [3.05, 3.63) is 120 Å². The van der Waals surface area contributed by atoms with E-state index in [1.54, 1.807) is 0 Å². The summed E-state index contributed by atoms with van der Waals surface area (Å²) in [6.45, 7) is 6.11. The molecule has 0 fully saturated rings. The first-order valence-corrected chi connectivity index (χ1v) is 13.6. The Morgan fingerprint density at radius 2 is 1.23 bits per heavy atom. The van der Waals surface area contributed by atoms with Crippen molar-refractivity contribution in [3.63, 3.8) is 0 Å². The molecule has 0 aliphatic rings. The average molecular weight is 461 g/mol. The lowest BCUT2D eigenvalue weighted by molar-refractivity contribution is 0.632. The van der Waals surface area contributed by atoms with Crippen molar-refractivity contribution in [1.29, 1.82) is 0 Å². The maximum absolute atomic E-state index is 3.83. The van der Waals surface area contributed by atoms with E-state index in [1.807, 2.05) is 6.08 Å². The van der Waals surface area contributed by atoms with Gasteiger partial charge < -0.3 is 0 Å². The van der Waals surface area contributed by atoms with Gasteiger partial charge in [-0.3, -0.25) is 0 Å². The van der Waals surface area contributed by atoms with E-state index in [0.717, 1.165) is 25.7 Å². The van der Waals surface area contributed by atoms with Crippen LogP contribution in [-0.2, 0) is 25.7 Å². The Kier molecular flexibility index (Phi) is 9.35. The molecule has 0 N–H and O–H groups in total. The highest BCUT2D eigenvalue weighted by atomic mass is 14.1. The van der Waals surface area contributed by atoms with Crippen molar-refractivity contribution in [1.82, 2.24) is 0 Å². The SMILES string of the molecule is C=CCCc1ccc(-c2cccc3cc(CCc4ccc(CCCCCCC)cc4)ccc23)cc1. The minimum atomic E-state index is 1.03. The van der Waals surface area contributed by atoms with E-state index >= 15 is 0 Å². The molecule has 0 unspecified atom stereocenters. The molecule has 0 saturated carbocycles. The zero-order valence-corrected chi connectivity index (χ0v) is 21.4. The standard InChI is InChI=1S/C35H40/c1-3-5-7-8-9-12-29-15-17-30(18-16-29)19-20-31-23-26-35-33(27-31)13-10-14-34(35)32-24-21-28(22-25-32)11-6-4-2/h4,10,13-18,21-27H,2-3,5-9,11-12,19-20H2,1H3. The predicted octanol–water partition coefficient (Wildman–Crippen LogP) is 9.92. The van der Waals surface area contributed by atoms with Gasteiger partial charge in [0.05, 0.1) is 0 Å².